The molecule has 0 aromatic rings. The molecule has 0 radical (unpaired) electrons. The van der Waals surface area contributed by atoms with E-state index in [-0.39, 0.29) is 37.7 Å². The summed E-state index contributed by atoms with van der Waals surface area (Å²) >= 11 is 0. The number of carbonyl (C=O) groups is 5. The Balaban J connectivity index is 2.28. The molecule has 0 bridgehead atoms. The van der Waals surface area contributed by atoms with Gasteiger partial charge in [-0.1, -0.05) is 74.3 Å². The number of Topliss-reactive ketones (excluding diaryl/α,β-unsaturated/α-hetero) is 1. The molecule has 0 aromatic carbocycles. The van der Waals surface area contributed by atoms with Crippen LogP contribution in [0.3, 0.4) is 0 Å². The molecule has 1 unspecified atom stereocenters. The van der Waals surface area contributed by atoms with Gasteiger partial charge in [-0.25, -0.2) is 13.2 Å². The highest BCUT2D eigenvalue weighted by atomic mass is 32.2. The van der Waals surface area contributed by atoms with Gasteiger partial charge in [0.05, 0.1) is 11.8 Å². The van der Waals surface area contributed by atoms with Crippen LogP contribution in [0.2, 0.25) is 0 Å². The summed E-state index contributed by atoms with van der Waals surface area (Å²) in [6.07, 6.45) is 3.95. The summed E-state index contributed by atoms with van der Waals surface area (Å²) in [5, 5.41) is 10.9. The van der Waals surface area contributed by atoms with Crippen LogP contribution in [0.25, 0.3) is 0 Å². The number of rotatable bonds is 14. The first kappa shape index (κ1) is 39.2. The molecule has 0 aliphatic carbocycles. The average molecular weight is 669 g/mol. The lowest BCUT2D eigenvalue weighted by Crippen LogP contribution is -2.62. The van der Waals surface area contributed by atoms with E-state index < -0.39 is 74.6 Å². The number of nitrogens with one attached hydrogen (secondary N) is 4. The molecule has 5 atom stereocenters. The number of carbonyl (C=O) groups excluding carboxylic acids is 5. The van der Waals surface area contributed by atoms with Crippen LogP contribution < -0.4 is 21.3 Å². The molecular weight excluding hydrogens is 612 g/mol. The van der Waals surface area contributed by atoms with Gasteiger partial charge >= 0.3 is 6.03 Å². The molecule has 0 spiro atoms. The zero-order chi connectivity index (χ0) is 35.0. The summed E-state index contributed by atoms with van der Waals surface area (Å²) in [4.78, 5) is 68.2. The van der Waals surface area contributed by atoms with Crippen molar-refractivity contribution < 1.29 is 32.4 Å². The van der Waals surface area contributed by atoms with E-state index in [1.807, 2.05) is 55.4 Å². The largest absolute Gasteiger partial charge is 0.346 e. The van der Waals surface area contributed by atoms with Crippen molar-refractivity contribution in [2.45, 2.75) is 112 Å². The smallest absolute Gasteiger partial charge is 0.315 e. The van der Waals surface area contributed by atoms with Gasteiger partial charge in [-0.15, -0.1) is 6.58 Å². The number of hydrogen-bond acceptors (Lipinski definition) is 7. The number of likely N-dealkylation sites (tertiary alicyclic amines) is 1. The maximum Gasteiger partial charge on any atom is 0.315 e. The Morgan fingerprint density at radius 2 is 1.61 bits per heavy atom. The summed E-state index contributed by atoms with van der Waals surface area (Å²) in [6, 6.07) is -4.11. The van der Waals surface area contributed by atoms with Crippen LogP contribution in [-0.4, -0.2) is 103 Å². The Kier molecular flexibility index (Phi) is 13.8. The zero-order valence-corrected chi connectivity index (χ0v) is 29.7. The third-order valence-corrected chi connectivity index (χ3v) is 10.7. The molecule has 46 heavy (non-hydrogen) atoms. The van der Waals surface area contributed by atoms with Crippen molar-refractivity contribution in [2.24, 2.45) is 16.7 Å². The number of sulfonamides is 1. The fourth-order valence-electron chi connectivity index (χ4n) is 5.89. The Labute approximate surface area is 275 Å². The highest BCUT2D eigenvalue weighted by Gasteiger charge is 2.46. The van der Waals surface area contributed by atoms with Crippen LogP contribution in [0.5, 0.6) is 0 Å². The molecule has 2 aliphatic heterocycles. The molecule has 2 heterocycles. The molecule has 5 amide bonds. The van der Waals surface area contributed by atoms with Gasteiger partial charge in [0.1, 0.15) is 12.1 Å². The Bertz CT molecular complexity index is 1240. The number of nitrogens with zero attached hydrogens (tertiary/aromatic N) is 2. The second kappa shape index (κ2) is 16.2. The maximum absolute atomic E-state index is 14.2. The van der Waals surface area contributed by atoms with E-state index in [9.17, 15) is 32.4 Å². The number of hydrogen-bond donors (Lipinski definition) is 4. The highest BCUT2D eigenvalue weighted by Crippen LogP contribution is 2.31. The number of amides is 5. The van der Waals surface area contributed by atoms with Gasteiger partial charge in [-0.05, 0) is 36.0 Å². The lowest BCUT2D eigenvalue weighted by molar-refractivity contribution is -0.144. The minimum atomic E-state index is -3.38. The molecule has 0 aromatic heterocycles. The molecule has 14 heteroatoms. The first-order valence-corrected chi connectivity index (χ1v) is 18.0. The summed E-state index contributed by atoms with van der Waals surface area (Å²) in [5.41, 5.74) is -1.24. The van der Waals surface area contributed by atoms with E-state index >= 15 is 0 Å². The van der Waals surface area contributed by atoms with E-state index in [1.54, 1.807) is 0 Å². The first-order chi connectivity index (χ1) is 21.3. The summed E-state index contributed by atoms with van der Waals surface area (Å²) in [7, 11) is -3.38. The topological polar surface area (TPSA) is 174 Å². The quantitative estimate of drug-likeness (QED) is 0.162. The molecular formula is C32H56N6O7S. The fraction of sp³-hybridized carbons (Fsp3) is 0.781. The van der Waals surface area contributed by atoms with E-state index in [2.05, 4.69) is 27.8 Å². The predicted molar refractivity (Wildman–Crippen MR) is 177 cm³/mol. The van der Waals surface area contributed by atoms with Gasteiger partial charge in [0, 0.05) is 32.2 Å². The van der Waals surface area contributed by atoms with Gasteiger partial charge in [0.15, 0.2) is 0 Å². The van der Waals surface area contributed by atoms with E-state index in [0.717, 1.165) is 0 Å². The Hall–Kier alpha value is -3.00. The Morgan fingerprint density at radius 3 is 2.11 bits per heavy atom. The second-order valence-corrected chi connectivity index (χ2v) is 16.6. The van der Waals surface area contributed by atoms with Gasteiger partial charge in [-0.3, -0.25) is 19.2 Å². The second-order valence-electron chi connectivity index (χ2n) is 14.5. The van der Waals surface area contributed by atoms with E-state index in [0.29, 0.717) is 32.2 Å². The molecule has 2 fully saturated rings. The standard InChI is InChI=1S/C32H56N6O7S/c1-10-14-22(25(39)28(41)33-16-11-2)34-27(40)24-21(12-3)15-18-38(24)29(42)26(32(7,8)9)36-30(43)35-23(31(4,5)6)20-37-17-13-19-46(37,44)45/h11,21-24,26H,2,10,12-20H2,1,3-9H3,(H,33,41)(H,34,40)(H2,35,36,43)/t21-,22?,23+,24-,26+/m0/s1. The SMILES string of the molecule is C=CCNC(=O)C(=O)C(CCC)NC(=O)[C@@H]1[C@@H](CC)CCN1C(=O)[C@@H](NC(=O)N[C@H](CN1CCCS1(=O)=O)C(C)(C)C)C(C)(C)C. The fourth-order valence-corrected chi connectivity index (χ4v) is 7.43. The van der Waals surface area contributed by atoms with Crippen molar-refractivity contribution >= 4 is 39.6 Å². The van der Waals surface area contributed by atoms with Gasteiger partial charge < -0.3 is 26.2 Å². The van der Waals surface area contributed by atoms with Crippen LogP contribution in [0.15, 0.2) is 12.7 Å². The van der Waals surface area contributed by atoms with Gasteiger partial charge in [-0.2, -0.15) is 4.31 Å². The monoisotopic (exact) mass is 668 g/mol. The molecule has 13 nitrogen and oxygen atoms in total. The minimum absolute atomic E-state index is 0.0792. The zero-order valence-electron chi connectivity index (χ0n) is 28.9. The van der Waals surface area contributed by atoms with Gasteiger partial charge in [0.25, 0.3) is 5.91 Å². The summed E-state index contributed by atoms with van der Waals surface area (Å²) < 4.78 is 26.4. The van der Waals surface area contributed by atoms with Crippen molar-refractivity contribution in [3.8, 4) is 0 Å². The first-order valence-electron chi connectivity index (χ1n) is 16.4. The van der Waals surface area contributed by atoms with Crippen molar-refractivity contribution in [3.05, 3.63) is 12.7 Å². The third-order valence-electron chi connectivity index (χ3n) is 8.77. The normalized spacial score (nSPS) is 22.0. The molecule has 0 saturated carbocycles. The molecule has 2 rings (SSSR count). The van der Waals surface area contributed by atoms with Gasteiger partial charge in [0.2, 0.25) is 27.6 Å². The van der Waals surface area contributed by atoms with Crippen molar-refractivity contribution in [1.29, 1.82) is 0 Å². The van der Waals surface area contributed by atoms with Crippen molar-refractivity contribution in [3.63, 3.8) is 0 Å². The number of ketones is 1. The van der Waals surface area contributed by atoms with Crippen LogP contribution in [0, 0.1) is 16.7 Å². The van der Waals surface area contributed by atoms with E-state index in [1.165, 1.54) is 15.3 Å². The Morgan fingerprint density at radius 1 is 0.957 bits per heavy atom. The summed E-state index contributed by atoms with van der Waals surface area (Å²) in [5.74, 6) is -2.63. The lowest BCUT2D eigenvalue weighted by atomic mass is 9.85. The highest BCUT2D eigenvalue weighted by molar-refractivity contribution is 7.89. The molecule has 262 valence electrons. The van der Waals surface area contributed by atoms with Crippen LogP contribution in [0.4, 0.5) is 4.79 Å². The molecule has 2 saturated heterocycles. The lowest BCUT2D eigenvalue weighted by Gasteiger charge is -2.38. The number of urea groups is 1. The predicted octanol–water partition coefficient (Wildman–Crippen LogP) is 1.93. The minimum Gasteiger partial charge on any atom is -0.346 e. The van der Waals surface area contributed by atoms with Crippen molar-refractivity contribution in [1.82, 2.24) is 30.5 Å². The van der Waals surface area contributed by atoms with Crippen molar-refractivity contribution in [2.75, 3.05) is 31.9 Å². The van der Waals surface area contributed by atoms with Crippen LogP contribution >= 0.6 is 0 Å². The molecule has 2 aliphatic rings. The molecule has 4 N–H and O–H groups in total. The summed E-state index contributed by atoms with van der Waals surface area (Å²) in [6.45, 7) is 19.4. The van der Waals surface area contributed by atoms with Crippen LogP contribution in [-0.2, 0) is 29.2 Å². The average Bonchev–Trinajstić information content (AvgIpc) is 3.54. The van der Waals surface area contributed by atoms with Crippen LogP contribution in [0.1, 0.15) is 87.5 Å². The maximum atomic E-state index is 14.2. The third kappa shape index (κ3) is 10.2. The van der Waals surface area contributed by atoms with E-state index in [4.69, 9.17) is 0 Å².